The average molecular weight is 396 g/mol. The molecule has 0 aliphatic heterocycles. The SMILES string of the molecule is CO[C@H](C(=O)N[C@H]1Cc2ccccc2[C@@H]1NC(=O)OC(C)(C)C)c1ccccc1. The van der Waals surface area contributed by atoms with Gasteiger partial charge in [0.25, 0.3) is 5.91 Å². The largest absolute Gasteiger partial charge is 0.444 e. The summed E-state index contributed by atoms with van der Waals surface area (Å²) in [5, 5.41) is 5.99. The lowest BCUT2D eigenvalue weighted by atomic mass is 10.1. The maximum atomic E-state index is 13.0. The first-order valence-electron chi connectivity index (χ1n) is 9.74. The fourth-order valence-corrected chi connectivity index (χ4v) is 3.62. The molecule has 2 N–H and O–H groups in total. The summed E-state index contributed by atoms with van der Waals surface area (Å²) in [4.78, 5) is 25.4. The van der Waals surface area contributed by atoms with Crippen LogP contribution in [0.15, 0.2) is 54.6 Å². The summed E-state index contributed by atoms with van der Waals surface area (Å²) in [6, 6.07) is 16.5. The van der Waals surface area contributed by atoms with E-state index in [9.17, 15) is 9.59 Å². The number of hydrogen-bond donors (Lipinski definition) is 2. The third kappa shape index (κ3) is 5.15. The summed E-state index contributed by atoms with van der Waals surface area (Å²) in [7, 11) is 1.51. The molecule has 0 spiro atoms. The van der Waals surface area contributed by atoms with E-state index < -0.39 is 17.8 Å². The van der Waals surface area contributed by atoms with Gasteiger partial charge in [-0.2, -0.15) is 0 Å². The molecule has 1 aliphatic carbocycles. The fraction of sp³-hybridized carbons (Fsp3) is 0.391. The maximum Gasteiger partial charge on any atom is 0.408 e. The van der Waals surface area contributed by atoms with Gasteiger partial charge >= 0.3 is 6.09 Å². The van der Waals surface area contributed by atoms with Crippen molar-refractivity contribution in [3.63, 3.8) is 0 Å². The number of carbonyl (C=O) groups is 2. The lowest BCUT2D eigenvalue weighted by Gasteiger charge is -2.27. The van der Waals surface area contributed by atoms with Crippen molar-refractivity contribution < 1.29 is 19.1 Å². The second-order valence-corrected chi connectivity index (χ2v) is 8.17. The first kappa shape index (κ1) is 20.9. The minimum absolute atomic E-state index is 0.243. The van der Waals surface area contributed by atoms with Gasteiger partial charge in [-0.15, -0.1) is 0 Å². The Labute approximate surface area is 171 Å². The average Bonchev–Trinajstić information content (AvgIpc) is 2.99. The summed E-state index contributed by atoms with van der Waals surface area (Å²) in [5.41, 5.74) is 2.25. The van der Waals surface area contributed by atoms with Crippen molar-refractivity contribution in [1.29, 1.82) is 0 Å². The third-order valence-electron chi connectivity index (χ3n) is 4.81. The van der Waals surface area contributed by atoms with E-state index in [-0.39, 0.29) is 18.0 Å². The molecule has 0 aromatic heterocycles. The second-order valence-electron chi connectivity index (χ2n) is 8.17. The van der Waals surface area contributed by atoms with E-state index in [0.29, 0.717) is 6.42 Å². The minimum Gasteiger partial charge on any atom is -0.444 e. The molecule has 29 heavy (non-hydrogen) atoms. The molecule has 0 unspecified atom stereocenters. The number of benzene rings is 2. The van der Waals surface area contributed by atoms with Crippen LogP contribution >= 0.6 is 0 Å². The number of nitrogens with one attached hydrogen (secondary N) is 2. The Morgan fingerprint density at radius 1 is 1.00 bits per heavy atom. The highest BCUT2D eigenvalue weighted by Crippen LogP contribution is 2.32. The van der Waals surface area contributed by atoms with Crippen molar-refractivity contribution in [1.82, 2.24) is 10.6 Å². The zero-order valence-corrected chi connectivity index (χ0v) is 17.3. The van der Waals surface area contributed by atoms with Crippen molar-refractivity contribution in [3.8, 4) is 0 Å². The Hall–Kier alpha value is -2.86. The molecule has 2 aromatic rings. The fourth-order valence-electron chi connectivity index (χ4n) is 3.62. The molecular weight excluding hydrogens is 368 g/mol. The van der Waals surface area contributed by atoms with Crippen LogP contribution in [0.4, 0.5) is 4.79 Å². The summed E-state index contributed by atoms with van der Waals surface area (Å²) >= 11 is 0. The van der Waals surface area contributed by atoms with Gasteiger partial charge in [0.15, 0.2) is 6.10 Å². The molecule has 2 amide bonds. The zero-order chi connectivity index (χ0) is 21.0. The normalized spacial score (nSPS) is 19.2. The highest BCUT2D eigenvalue weighted by atomic mass is 16.6. The van der Waals surface area contributed by atoms with Gasteiger partial charge in [-0.1, -0.05) is 54.6 Å². The molecule has 0 bridgehead atoms. The summed E-state index contributed by atoms with van der Waals surface area (Å²) in [6.45, 7) is 5.45. The van der Waals surface area contributed by atoms with Crippen LogP contribution in [0, 0.1) is 0 Å². The number of rotatable bonds is 5. The zero-order valence-electron chi connectivity index (χ0n) is 17.3. The van der Waals surface area contributed by atoms with Crippen LogP contribution in [0.2, 0.25) is 0 Å². The summed E-state index contributed by atoms with van der Waals surface area (Å²) < 4.78 is 10.9. The predicted octanol–water partition coefficient (Wildman–Crippen LogP) is 3.68. The van der Waals surface area contributed by atoms with Gasteiger partial charge in [0, 0.05) is 7.11 Å². The number of hydrogen-bond acceptors (Lipinski definition) is 4. The van der Waals surface area contributed by atoms with Gasteiger partial charge < -0.3 is 20.1 Å². The Bertz CT molecular complexity index is 861. The Balaban J connectivity index is 1.78. The lowest BCUT2D eigenvalue weighted by molar-refractivity contribution is -0.132. The molecule has 0 saturated carbocycles. The van der Waals surface area contributed by atoms with Crippen LogP contribution in [-0.4, -0.2) is 30.8 Å². The number of methoxy groups -OCH3 is 1. The highest BCUT2D eigenvalue weighted by Gasteiger charge is 2.36. The number of amides is 2. The smallest absolute Gasteiger partial charge is 0.408 e. The maximum absolute atomic E-state index is 13.0. The van der Waals surface area contributed by atoms with Crippen LogP contribution in [0.3, 0.4) is 0 Å². The highest BCUT2D eigenvalue weighted by molar-refractivity contribution is 5.83. The molecular formula is C23H28N2O4. The van der Waals surface area contributed by atoms with Crippen LogP contribution in [-0.2, 0) is 20.7 Å². The topological polar surface area (TPSA) is 76.7 Å². The molecule has 3 atom stereocenters. The predicted molar refractivity (Wildman–Crippen MR) is 110 cm³/mol. The molecule has 6 nitrogen and oxygen atoms in total. The molecule has 1 aliphatic rings. The quantitative estimate of drug-likeness (QED) is 0.808. The summed E-state index contributed by atoms with van der Waals surface area (Å²) in [5.74, 6) is -0.243. The Morgan fingerprint density at radius 2 is 1.66 bits per heavy atom. The third-order valence-corrected chi connectivity index (χ3v) is 4.81. The molecule has 0 radical (unpaired) electrons. The molecule has 0 heterocycles. The first-order valence-corrected chi connectivity index (χ1v) is 9.74. The number of fused-ring (bicyclic) bond motifs is 1. The van der Waals surface area contributed by atoms with Crippen molar-refractivity contribution >= 4 is 12.0 Å². The standard InChI is InChI=1S/C23H28N2O4/c1-23(2,3)29-22(27)25-19-17-13-9-8-12-16(17)14-18(19)24-21(26)20(28-4)15-10-6-5-7-11-15/h5-13,18-20H,14H2,1-4H3,(H,24,26)(H,25,27)/t18-,19-,20-/m0/s1. The molecule has 6 heteroatoms. The molecule has 2 aromatic carbocycles. The van der Waals surface area contributed by atoms with Gasteiger partial charge in [0.2, 0.25) is 0 Å². The van der Waals surface area contributed by atoms with Gasteiger partial charge in [-0.05, 0) is 43.9 Å². The monoisotopic (exact) mass is 396 g/mol. The van der Waals surface area contributed by atoms with Gasteiger partial charge in [-0.3, -0.25) is 4.79 Å². The van der Waals surface area contributed by atoms with Gasteiger partial charge in [0.1, 0.15) is 5.60 Å². The first-order chi connectivity index (χ1) is 13.8. The molecule has 3 rings (SSSR count). The van der Waals surface area contributed by atoms with Crippen LogP contribution in [0.25, 0.3) is 0 Å². The lowest BCUT2D eigenvalue weighted by Crippen LogP contribution is -2.47. The van der Waals surface area contributed by atoms with Crippen LogP contribution < -0.4 is 10.6 Å². The minimum atomic E-state index is -0.720. The van der Waals surface area contributed by atoms with Crippen molar-refractivity contribution in [2.45, 2.75) is 51.0 Å². The number of alkyl carbamates (subject to hydrolysis) is 1. The van der Waals surface area contributed by atoms with E-state index in [0.717, 1.165) is 16.7 Å². The van der Waals surface area contributed by atoms with Crippen molar-refractivity contribution in [2.24, 2.45) is 0 Å². The van der Waals surface area contributed by atoms with E-state index in [1.807, 2.05) is 75.4 Å². The number of ether oxygens (including phenoxy) is 2. The molecule has 0 fully saturated rings. The molecule has 154 valence electrons. The summed E-state index contributed by atoms with van der Waals surface area (Å²) in [6.07, 6.45) is -0.611. The van der Waals surface area contributed by atoms with E-state index in [1.54, 1.807) is 0 Å². The Kier molecular flexibility index (Phi) is 6.23. The van der Waals surface area contributed by atoms with Crippen LogP contribution in [0.5, 0.6) is 0 Å². The van der Waals surface area contributed by atoms with E-state index in [4.69, 9.17) is 9.47 Å². The van der Waals surface area contributed by atoms with E-state index in [2.05, 4.69) is 10.6 Å². The van der Waals surface area contributed by atoms with Crippen molar-refractivity contribution in [3.05, 3.63) is 71.3 Å². The van der Waals surface area contributed by atoms with Crippen molar-refractivity contribution in [2.75, 3.05) is 7.11 Å². The van der Waals surface area contributed by atoms with E-state index >= 15 is 0 Å². The van der Waals surface area contributed by atoms with Gasteiger partial charge in [0.05, 0.1) is 12.1 Å². The Morgan fingerprint density at radius 3 is 2.31 bits per heavy atom. The van der Waals surface area contributed by atoms with E-state index in [1.165, 1.54) is 7.11 Å². The number of carbonyl (C=O) groups excluding carboxylic acids is 2. The van der Waals surface area contributed by atoms with Gasteiger partial charge in [-0.25, -0.2) is 4.79 Å². The molecule has 0 saturated heterocycles. The second kappa shape index (κ2) is 8.66. The van der Waals surface area contributed by atoms with Crippen LogP contribution in [0.1, 0.15) is 49.6 Å².